The molecule has 0 N–H and O–H groups in total. The van der Waals surface area contributed by atoms with Gasteiger partial charge in [-0.1, -0.05) is 59.1 Å². The maximum Gasteiger partial charge on any atom is 0.363 e. The highest BCUT2D eigenvalue weighted by molar-refractivity contribution is 6.75. The van der Waals surface area contributed by atoms with Gasteiger partial charge in [-0.2, -0.15) is 0 Å². The Morgan fingerprint density at radius 1 is 0.952 bits per heavy atom. The van der Waals surface area contributed by atoms with Crippen LogP contribution in [0.5, 0.6) is 5.75 Å². The van der Waals surface area contributed by atoms with Gasteiger partial charge in [0.2, 0.25) is 0 Å². The summed E-state index contributed by atoms with van der Waals surface area (Å²) < 4.78 is 2.85. The zero-order chi connectivity index (χ0) is 15.3. The van der Waals surface area contributed by atoms with E-state index < -0.39 is 9.76 Å². The lowest BCUT2D eigenvalue weighted by molar-refractivity contribution is -0.133. The van der Waals surface area contributed by atoms with E-state index in [9.17, 15) is 4.79 Å². The van der Waals surface area contributed by atoms with Crippen molar-refractivity contribution < 1.29 is 9.53 Å². The topological polar surface area (TPSA) is 39.2 Å². The number of halogens is 3. The first-order valence-electron chi connectivity index (χ1n) is 5.92. The van der Waals surface area contributed by atoms with Gasteiger partial charge in [0.25, 0.3) is 3.79 Å². The van der Waals surface area contributed by atoms with Gasteiger partial charge in [0, 0.05) is 12.4 Å². The Balaban J connectivity index is 2.03. The second kappa shape index (κ2) is 6.94. The lowest BCUT2D eigenvalue weighted by Crippen LogP contribution is -2.24. The molecule has 1 aromatic carbocycles. The lowest BCUT2D eigenvalue weighted by atomic mass is 10.1. The number of hydrogen-bond donors (Lipinski definition) is 0. The van der Waals surface area contributed by atoms with E-state index in [2.05, 4.69) is 4.98 Å². The minimum atomic E-state index is -2.08. The molecule has 0 amide bonds. The van der Waals surface area contributed by atoms with Crippen molar-refractivity contribution in [3.8, 4) is 5.75 Å². The minimum absolute atomic E-state index is 0.312. The van der Waals surface area contributed by atoms with E-state index in [-0.39, 0.29) is 0 Å². The standard InChI is InChI=1S/C15H10Cl3NO2/c16-15(17,18)14(20)21-13-5-3-11(4-6-13)1-2-12-7-9-19-10-8-12/h1-10H/b2-1+. The molecule has 1 heterocycles. The van der Waals surface area contributed by atoms with E-state index >= 15 is 0 Å². The molecule has 0 fully saturated rings. The molecule has 2 rings (SSSR count). The summed E-state index contributed by atoms with van der Waals surface area (Å²) in [6, 6.07) is 10.6. The van der Waals surface area contributed by atoms with Crippen molar-refractivity contribution in [2.24, 2.45) is 0 Å². The summed E-state index contributed by atoms with van der Waals surface area (Å²) in [7, 11) is 0. The number of ether oxygens (including phenoxy) is 1. The van der Waals surface area contributed by atoms with Crippen LogP contribution in [0.4, 0.5) is 0 Å². The van der Waals surface area contributed by atoms with Crippen molar-refractivity contribution >= 4 is 52.9 Å². The van der Waals surface area contributed by atoms with E-state index in [0.29, 0.717) is 5.75 Å². The van der Waals surface area contributed by atoms with Gasteiger partial charge < -0.3 is 4.74 Å². The molecular weight excluding hydrogens is 333 g/mol. The van der Waals surface area contributed by atoms with Crippen LogP contribution in [0.3, 0.4) is 0 Å². The molecule has 6 heteroatoms. The highest BCUT2D eigenvalue weighted by atomic mass is 35.6. The van der Waals surface area contributed by atoms with Crippen LogP contribution in [0.2, 0.25) is 0 Å². The highest BCUT2D eigenvalue weighted by Crippen LogP contribution is 2.28. The molecule has 0 aliphatic rings. The monoisotopic (exact) mass is 341 g/mol. The van der Waals surface area contributed by atoms with E-state index in [0.717, 1.165) is 11.1 Å². The second-order valence-corrected chi connectivity index (χ2v) is 6.35. The van der Waals surface area contributed by atoms with Gasteiger partial charge in [0.1, 0.15) is 5.75 Å². The molecule has 0 saturated heterocycles. The number of alkyl halides is 3. The number of carbonyl (C=O) groups excluding carboxylic acids is 1. The van der Waals surface area contributed by atoms with Crippen molar-refractivity contribution in [2.45, 2.75) is 3.79 Å². The number of aromatic nitrogens is 1. The number of hydrogen-bond acceptors (Lipinski definition) is 3. The molecule has 0 aliphatic carbocycles. The second-order valence-electron chi connectivity index (χ2n) is 4.07. The molecule has 2 aromatic rings. The SMILES string of the molecule is O=C(Oc1ccc(/C=C/c2ccncc2)cc1)C(Cl)(Cl)Cl. The first-order chi connectivity index (χ1) is 9.95. The number of pyridine rings is 1. The zero-order valence-corrected chi connectivity index (χ0v) is 12.9. The summed E-state index contributed by atoms with van der Waals surface area (Å²) >= 11 is 16.3. The molecular formula is C15H10Cl3NO2. The summed E-state index contributed by atoms with van der Waals surface area (Å²) in [6.45, 7) is 0. The molecule has 0 atom stereocenters. The summed E-state index contributed by atoms with van der Waals surface area (Å²) in [6.07, 6.45) is 7.32. The molecule has 108 valence electrons. The number of benzene rings is 1. The fourth-order valence-electron chi connectivity index (χ4n) is 1.48. The molecule has 0 aliphatic heterocycles. The van der Waals surface area contributed by atoms with Crippen LogP contribution in [0.25, 0.3) is 12.2 Å². The Hall–Kier alpha value is -1.55. The maximum atomic E-state index is 11.4. The number of esters is 1. The van der Waals surface area contributed by atoms with Gasteiger partial charge in [0.05, 0.1) is 0 Å². The van der Waals surface area contributed by atoms with E-state index in [1.165, 1.54) is 0 Å². The Morgan fingerprint density at radius 2 is 1.48 bits per heavy atom. The van der Waals surface area contributed by atoms with Crippen LogP contribution in [0.1, 0.15) is 11.1 Å². The molecule has 3 nitrogen and oxygen atoms in total. The third kappa shape index (κ3) is 5.05. The van der Waals surface area contributed by atoms with E-state index in [1.54, 1.807) is 36.7 Å². The van der Waals surface area contributed by atoms with Gasteiger partial charge in [0.15, 0.2) is 0 Å². The molecule has 0 saturated carbocycles. The smallest absolute Gasteiger partial charge is 0.363 e. The Kier molecular flexibility index (Phi) is 5.23. The van der Waals surface area contributed by atoms with E-state index in [4.69, 9.17) is 39.5 Å². The number of nitrogens with zero attached hydrogens (tertiary/aromatic N) is 1. The predicted molar refractivity (Wildman–Crippen MR) is 85.5 cm³/mol. The van der Waals surface area contributed by atoms with E-state index in [1.807, 2.05) is 24.3 Å². The van der Waals surface area contributed by atoms with Crippen molar-refractivity contribution in [1.29, 1.82) is 0 Å². The van der Waals surface area contributed by atoms with Crippen LogP contribution < -0.4 is 4.74 Å². The lowest BCUT2D eigenvalue weighted by Gasteiger charge is -2.10. The van der Waals surface area contributed by atoms with Gasteiger partial charge in [-0.25, -0.2) is 4.79 Å². The Bertz CT molecular complexity index is 634. The largest absolute Gasteiger partial charge is 0.423 e. The Morgan fingerprint density at radius 3 is 2.00 bits per heavy atom. The average Bonchev–Trinajstić information content (AvgIpc) is 2.46. The third-order valence-electron chi connectivity index (χ3n) is 2.50. The Labute approximate surface area is 137 Å². The van der Waals surface area contributed by atoms with Crippen LogP contribution in [0.15, 0.2) is 48.8 Å². The van der Waals surface area contributed by atoms with Crippen molar-refractivity contribution in [3.05, 3.63) is 59.9 Å². The van der Waals surface area contributed by atoms with Crippen LogP contribution in [-0.4, -0.2) is 14.7 Å². The molecule has 0 unspecified atom stereocenters. The first-order valence-corrected chi connectivity index (χ1v) is 7.06. The van der Waals surface area contributed by atoms with Gasteiger partial charge in [-0.05, 0) is 35.4 Å². The van der Waals surface area contributed by atoms with Crippen LogP contribution in [0, 0.1) is 0 Å². The molecule has 21 heavy (non-hydrogen) atoms. The zero-order valence-electron chi connectivity index (χ0n) is 10.7. The van der Waals surface area contributed by atoms with Crippen LogP contribution >= 0.6 is 34.8 Å². The number of carbonyl (C=O) groups is 1. The fourth-order valence-corrected chi connectivity index (χ4v) is 1.59. The van der Waals surface area contributed by atoms with Gasteiger partial charge in [-0.15, -0.1) is 0 Å². The highest BCUT2D eigenvalue weighted by Gasteiger charge is 2.33. The quantitative estimate of drug-likeness (QED) is 0.467. The molecule has 1 aromatic heterocycles. The summed E-state index contributed by atoms with van der Waals surface area (Å²) in [5.41, 5.74) is 1.98. The van der Waals surface area contributed by atoms with Gasteiger partial charge >= 0.3 is 5.97 Å². The van der Waals surface area contributed by atoms with Crippen LogP contribution in [-0.2, 0) is 4.79 Å². The van der Waals surface area contributed by atoms with Crippen molar-refractivity contribution in [1.82, 2.24) is 4.98 Å². The normalized spacial score (nSPS) is 11.6. The minimum Gasteiger partial charge on any atom is -0.423 e. The molecule has 0 radical (unpaired) electrons. The average molecular weight is 343 g/mol. The van der Waals surface area contributed by atoms with Gasteiger partial charge in [-0.3, -0.25) is 4.98 Å². The first kappa shape index (κ1) is 15.8. The third-order valence-corrected chi connectivity index (χ3v) is 2.96. The van der Waals surface area contributed by atoms with Crippen molar-refractivity contribution in [2.75, 3.05) is 0 Å². The maximum absolute atomic E-state index is 11.4. The number of rotatable bonds is 3. The summed E-state index contributed by atoms with van der Waals surface area (Å²) in [5, 5.41) is 0. The molecule has 0 bridgehead atoms. The fraction of sp³-hybridized carbons (Fsp3) is 0.0667. The van der Waals surface area contributed by atoms with Crippen molar-refractivity contribution in [3.63, 3.8) is 0 Å². The summed E-state index contributed by atoms with van der Waals surface area (Å²) in [5.74, 6) is -0.625. The molecule has 0 spiro atoms. The predicted octanol–water partition coefficient (Wildman–Crippen LogP) is 4.53. The summed E-state index contributed by atoms with van der Waals surface area (Å²) in [4.78, 5) is 15.3.